The number of fused-ring (bicyclic) bond motifs is 3. The van der Waals surface area contributed by atoms with E-state index in [1.807, 2.05) is 0 Å². The molecule has 1 unspecified atom stereocenters. The zero-order chi connectivity index (χ0) is 27.0. The number of hydrogen-bond donors (Lipinski definition) is 0. The zero-order valence-electron chi connectivity index (χ0n) is 20.5. The lowest BCUT2D eigenvalue weighted by Crippen LogP contribution is -2.58. The maximum atomic E-state index is 13.3. The van der Waals surface area contributed by atoms with Crippen molar-refractivity contribution in [2.24, 2.45) is 0 Å². The summed E-state index contributed by atoms with van der Waals surface area (Å²) in [4.78, 5) is 18.6. The summed E-state index contributed by atoms with van der Waals surface area (Å²) in [5.74, 6) is 0.307. The van der Waals surface area contributed by atoms with Crippen molar-refractivity contribution in [3.05, 3.63) is 72.0 Å². The Hall–Kier alpha value is -3.86. The van der Waals surface area contributed by atoms with Crippen molar-refractivity contribution in [2.45, 2.75) is 44.2 Å². The van der Waals surface area contributed by atoms with Crippen LogP contribution < -0.4 is 14.7 Å². The quantitative estimate of drug-likeness (QED) is 0.180. The fourth-order valence-corrected chi connectivity index (χ4v) is 5.31. The van der Waals surface area contributed by atoms with Gasteiger partial charge >= 0.3 is 12.3 Å². The lowest BCUT2D eigenvalue weighted by Gasteiger charge is -2.31. The molecule has 1 atom stereocenters. The molecule has 5 rings (SSSR count). The van der Waals surface area contributed by atoms with Crippen molar-refractivity contribution in [1.29, 1.82) is 0 Å². The van der Waals surface area contributed by atoms with Crippen molar-refractivity contribution in [1.82, 2.24) is 10.1 Å². The average Bonchev–Trinajstić information content (AvgIpc) is 3.37. The fraction of sp³-hybridized carbons (Fsp3) is 0.259. The Morgan fingerprint density at radius 1 is 1.16 bits per heavy atom. The topological polar surface area (TPSA) is 86.2 Å². The standard InChI is InChI=1S/C27H23F3N4O3S/c1-3-4-14-38-26-31-24(36)23-19-10-5-6-11-20(19)33(16(2)35)25(34(23)32-26)22-13-12-21(37-22)17-8-7-9-18(15-17)27(28,29)30/h5-13,15,25H,3-4,14H2,1-2H3. The lowest BCUT2D eigenvalue weighted by molar-refractivity contribution is -0.765. The molecule has 3 heterocycles. The van der Waals surface area contributed by atoms with Crippen LogP contribution in [0.5, 0.6) is 5.88 Å². The summed E-state index contributed by atoms with van der Waals surface area (Å²) < 4.78 is 47.4. The predicted molar refractivity (Wildman–Crippen MR) is 133 cm³/mol. The molecule has 0 aliphatic carbocycles. The first-order chi connectivity index (χ1) is 18.2. The summed E-state index contributed by atoms with van der Waals surface area (Å²) in [7, 11) is 0. The molecule has 2 aromatic heterocycles. The highest BCUT2D eigenvalue weighted by Gasteiger charge is 2.45. The molecule has 0 spiro atoms. The Kier molecular flexibility index (Phi) is 6.87. The Labute approximate surface area is 220 Å². The first-order valence-corrected chi connectivity index (χ1v) is 13.0. The molecular formula is C27H23F3N4O3S. The largest absolute Gasteiger partial charge is 0.854 e. The summed E-state index contributed by atoms with van der Waals surface area (Å²) in [6, 6.07) is 14.9. The monoisotopic (exact) mass is 540 g/mol. The second-order valence-corrected chi connectivity index (χ2v) is 9.82. The summed E-state index contributed by atoms with van der Waals surface area (Å²) in [6.07, 6.45) is -3.62. The van der Waals surface area contributed by atoms with Crippen LogP contribution in [-0.2, 0) is 11.0 Å². The number of nitrogens with zero attached hydrogens (tertiary/aromatic N) is 4. The van der Waals surface area contributed by atoms with Gasteiger partial charge in [0.15, 0.2) is 5.76 Å². The molecule has 11 heteroatoms. The van der Waals surface area contributed by atoms with Crippen molar-refractivity contribution in [3.8, 4) is 28.5 Å². The number of carbonyl (C=O) groups is 1. The van der Waals surface area contributed by atoms with Crippen LogP contribution in [0.15, 0.2) is 70.2 Å². The number of rotatable bonds is 6. The fourth-order valence-electron chi connectivity index (χ4n) is 4.40. The van der Waals surface area contributed by atoms with E-state index in [-0.39, 0.29) is 33.8 Å². The molecular weight excluding hydrogens is 517 g/mol. The highest BCUT2D eigenvalue weighted by Crippen LogP contribution is 2.42. The molecule has 0 N–H and O–H groups in total. The maximum Gasteiger partial charge on any atom is 0.416 e. The highest BCUT2D eigenvalue weighted by atomic mass is 32.2. The number of carbonyl (C=O) groups excluding carboxylic acids is 1. The Morgan fingerprint density at radius 3 is 2.68 bits per heavy atom. The molecule has 0 saturated heterocycles. The second-order valence-electron chi connectivity index (χ2n) is 8.76. The Balaban J connectivity index is 1.66. The Morgan fingerprint density at radius 2 is 1.95 bits per heavy atom. The van der Waals surface area contributed by atoms with Gasteiger partial charge in [0.1, 0.15) is 5.76 Å². The molecule has 0 fully saturated rings. The number of hydrogen-bond acceptors (Lipinski definition) is 6. The average molecular weight is 541 g/mol. The van der Waals surface area contributed by atoms with Crippen LogP contribution in [0.2, 0.25) is 0 Å². The third kappa shape index (κ3) is 4.73. The minimum atomic E-state index is -4.51. The van der Waals surface area contributed by atoms with Crippen LogP contribution in [0.1, 0.15) is 44.2 Å². The lowest BCUT2D eigenvalue weighted by atomic mass is 10.0. The van der Waals surface area contributed by atoms with E-state index < -0.39 is 23.8 Å². The second kappa shape index (κ2) is 10.1. The van der Waals surface area contributed by atoms with E-state index in [2.05, 4.69) is 17.0 Å². The van der Waals surface area contributed by atoms with Gasteiger partial charge in [0, 0.05) is 23.3 Å². The SMILES string of the molecule is CCCCSc1nc([O-])c2[n+](n1)C(c1ccc(-c3cccc(C(F)(F)F)c3)o1)N(C(C)=O)c1ccccc1-2. The molecule has 38 heavy (non-hydrogen) atoms. The normalized spacial score (nSPS) is 14.8. The van der Waals surface area contributed by atoms with Gasteiger partial charge < -0.3 is 9.52 Å². The molecule has 2 aromatic carbocycles. The number of halogens is 3. The van der Waals surface area contributed by atoms with Crippen LogP contribution in [0.3, 0.4) is 0 Å². The minimum Gasteiger partial charge on any atom is -0.854 e. The number of benzene rings is 2. The van der Waals surface area contributed by atoms with Crippen LogP contribution >= 0.6 is 11.8 Å². The van der Waals surface area contributed by atoms with E-state index in [0.29, 0.717) is 17.0 Å². The van der Waals surface area contributed by atoms with Gasteiger partial charge in [0.25, 0.3) is 10.9 Å². The van der Waals surface area contributed by atoms with E-state index in [1.165, 1.54) is 40.4 Å². The zero-order valence-corrected chi connectivity index (χ0v) is 21.3. The van der Waals surface area contributed by atoms with Gasteiger partial charge in [0.05, 0.1) is 22.7 Å². The van der Waals surface area contributed by atoms with Gasteiger partial charge in [-0.2, -0.15) is 13.2 Å². The molecule has 0 bridgehead atoms. The van der Waals surface area contributed by atoms with Gasteiger partial charge in [-0.3, -0.25) is 4.79 Å². The predicted octanol–water partition coefficient (Wildman–Crippen LogP) is 5.59. The van der Waals surface area contributed by atoms with Crippen LogP contribution in [0.4, 0.5) is 18.9 Å². The summed E-state index contributed by atoms with van der Waals surface area (Å²) in [6.45, 7) is 3.45. The summed E-state index contributed by atoms with van der Waals surface area (Å²) in [5, 5.41) is 18.2. The third-order valence-corrected chi connectivity index (χ3v) is 7.06. The number of amides is 1. The molecule has 1 amide bonds. The molecule has 1 aliphatic rings. The van der Waals surface area contributed by atoms with Crippen molar-refractivity contribution in [3.63, 3.8) is 0 Å². The summed E-state index contributed by atoms with van der Waals surface area (Å²) >= 11 is 1.34. The van der Waals surface area contributed by atoms with Crippen molar-refractivity contribution in [2.75, 3.05) is 10.7 Å². The van der Waals surface area contributed by atoms with Gasteiger partial charge in [-0.25, -0.2) is 9.88 Å². The number of thioether (sulfide) groups is 1. The number of furan rings is 1. The van der Waals surface area contributed by atoms with E-state index in [4.69, 9.17) is 4.42 Å². The van der Waals surface area contributed by atoms with Gasteiger partial charge in [0.2, 0.25) is 5.91 Å². The Bertz CT molecular complexity index is 1510. The highest BCUT2D eigenvalue weighted by molar-refractivity contribution is 7.99. The summed E-state index contributed by atoms with van der Waals surface area (Å²) in [5.41, 5.74) is 0.597. The van der Waals surface area contributed by atoms with Crippen LogP contribution in [0, 0.1) is 0 Å². The van der Waals surface area contributed by atoms with E-state index in [0.717, 1.165) is 25.0 Å². The number of aromatic nitrogens is 3. The minimum absolute atomic E-state index is 0.185. The van der Waals surface area contributed by atoms with Crippen LogP contribution in [-0.4, -0.2) is 21.7 Å². The molecule has 0 saturated carbocycles. The number of unbranched alkanes of at least 4 members (excludes halogenated alkanes) is 1. The number of alkyl halides is 3. The number of para-hydroxylation sites is 1. The van der Waals surface area contributed by atoms with Gasteiger partial charge in [-0.15, -0.1) is 0 Å². The maximum absolute atomic E-state index is 13.3. The van der Waals surface area contributed by atoms with Crippen molar-refractivity contribution < 1.29 is 32.2 Å². The van der Waals surface area contributed by atoms with E-state index in [9.17, 15) is 23.1 Å². The first kappa shape index (κ1) is 25.8. The van der Waals surface area contributed by atoms with E-state index >= 15 is 0 Å². The molecule has 4 aromatic rings. The molecule has 196 valence electrons. The van der Waals surface area contributed by atoms with Gasteiger partial charge in [-0.05, 0) is 47.5 Å². The smallest absolute Gasteiger partial charge is 0.416 e. The van der Waals surface area contributed by atoms with E-state index in [1.54, 1.807) is 36.4 Å². The van der Waals surface area contributed by atoms with Gasteiger partial charge in [-0.1, -0.05) is 49.4 Å². The van der Waals surface area contributed by atoms with Crippen LogP contribution in [0.25, 0.3) is 22.6 Å². The number of anilines is 1. The third-order valence-electron chi connectivity index (χ3n) is 6.14. The van der Waals surface area contributed by atoms with Crippen molar-refractivity contribution >= 4 is 23.4 Å². The first-order valence-electron chi connectivity index (χ1n) is 12.0. The molecule has 1 aliphatic heterocycles. The molecule has 7 nitrogen and oxygen atoms in total. The molecule has 0 radical (unpaired) electrons.